The molecule has 0 nitrogen and oxygen atoms in total. The molecule has 0 aliphatic rings. The van der Waals surface area contributed by atoms with Crippen LogP contribution in [0.5, 0.6) is 0 Å². The van der Waals surface area contributed by atoms with Gasteiger partial charge in [-0.2, -0.15) is 22.2 Å². The molecule has 3 aromatic carbocycles. The van der Waals surface area contributed by atoms with Gasteiger partial charge in [-0.1, -0.05) is 116 Å². The first-order valence-corrected chi connectivity index (χ1v) is 21.2. The highest BCUT2D eigenvalue weighted by Gasteiger charge is 2.29. The Balaban J connectivity index is 2.10. The van der Waals surface area contributed by atoms with E-state index in [1.807, 2.05) is 0 Å². The molecule has 0 amide bonds. The molecule has 0 aromatic heterocycles. The molecule has 0 aliphatic carbocycles. The van der Waals surface area contributed by atoms with E-state index in [4.69, 9.17) is 22.2 Å². The van der Waals surface area contributed by atoms with E-state index in [-0.39, 0.29) is 10.8 Å². The van der Waals surface area contributed by atoms with Gasteiger partial charge in [0.15, 0.2) is 14.8 Å². The molecule has 0 bridgehead atoms. The summed E-state index contributed by atoms with van der Waals surface area (Å²) in [5, 5.41) is 2.20. The van der Waals surface area contributed by atoms with E-state index in [0.29, 0.717) is 0 Å². The molecule has 0 saturated heterocycles. The molecule has 0 saturated carbocycles. The van der Waals surface area contributed by atoms with Crippen LogP contribution < -0.4 is 10.4 Å². The zero-order valence-corrected chi connectivity index (χ0v) is 28.0. The van der Waals surface area contributed by atoms with E-state index in [0.717, 1.165) is 32.6 Å². The molecular formula is C34H40Cl2Si2. The monoisotopic (exact) mass is 574 g/mol. The number of hydrogen-bond acceptors (Lipinski definition) is 0. The third-order valence-electron chi connectivity index (χ3n) is 6.62. The van der Waals surface area contributed by atoms with Gasteiger partial charge in [-0.25, -0.2) is 0 Å². The molecule has 0 heterocycles. The van der Waals surface area contributed by atoms with Gasteiger partial charge in [-0.15, -0.1) is 0 Å². The minimum Gasteiger partial charge on any atom is -0.161 e. The second-order valence-electron chi connectivity index (χ2n) is 13.0. The lowest BCUT2D eigenvalue weighted by molar-refractivity contribution is 0.590. The number of halogens is 2. The third kappa shape index (κ3) is 7.91. The largest absolute Gasteiger partial charge is 0.182 e. The Kier molecular flexibility index (Phi) is 8.87. The van der Waals surface area contributed by atoms with Gasteiger partial charge in [0, 0.05) is 22.3 Å². The molecule has 0 N–H and O–H groups in total. The lowest BCUT2D eigenvalue weighted by atomic mass is 9.87. The highest BCUT2D eigenvalue weighted by Crippen LogP contribution is 2.23. The third-order valence-corrected chi connectivity index (χ3v) is 11.2. The van der Waals surface area contributed by atoms with Gasteiger partial charge in [-0.05, 0) is 68.7 Å². The molecule has 3 rings (SSSR count). The second-order valence-corrected chi connectivity index (χ2v) is 25.7. The maximum absolute atomic E-state index is 7.03. The fourth-order valence-corrected chi connectivity index (χ4v) is 7.64. The first-order chi connectivity index (χ1) is 17.4. The van der Waals surface area contributed by atoms with Crippen LogP contribution >= 0.6 is 22.2 Å². The SMILES string of the molecule is CC(C)(C)c1ccc(C#Cc2cc([Si](C)(C)Cl)c(C#Cc3ccc(C(C)(C)C)cc3)cc2[Si](C)(C)Cl)cc1. The molecule has 4 heteroatoms. The van der Waals surface area contributed by atoms with Crippen LogP contribution in [0, 0.1) is 23.7 Å². The summed E-state index contributed by atoms with van der Waals surface area (Å²) in [5.74, 6) is 13.6. The summed E-state index contributed by atoms with van der Waals surface area (Å²) in [5.41, 5.74) is 6.74. The molecule has 0 fully saturated rings. The lowest BCUT2D eigenvalue weighted by Gasteiger charge is -2.22. The van der Waals surface area contributed by atoms with E-state index in [2.05, 4.69) is 152 Å². The van der Waals surface area contributed by atoms with Crippen molar-refractivity contribution in [1.82, 2.24) is 0 Å². The summed E-state index contributed by atoms with van der Waals surface area (Å²) in [7, 11) is -4.45. The summed E-state index contributed by atoms with van der Waals surface area (Å²) < 4.78 is 0. The van der Waals surface area contributed by atoms with Crippen LogP contribution in [0.25, 0.3) is 0 Å². The Hall–Kier alpha value is -2.21. The van der Waals surface area contributed by atoms with Crippen LogP contribution in [0.1, 0.15) is 74.9 Å². The quantitative estimate of drug-likeness (QED) is 0.164. The normalized spacial score (nSPS) is 12.3. The first kappa shape index (κ1) is 30.3. The van der Waals surface area contributed by atoms with E-state index < -0.39 is 14.8 Å². The van der Waals surface area contributed by atoms with E-state index in [1.165, 1.54) is 11.1 Å². The Labute approximate surface area is 242 Å². The van der Waals surface area contributed by atoms with Gasteiger partial charge in [0.1, 0.15) is 0 Å². The maximum Gasteiger partial charge on any atom is 0.182 e. The zero-order chi connectivity index (χ0) is 28.5. The molecule has 0 radical (unpaired) electrons. The first-order valence-electron chi connectivity index (χ1n) is 13.2. The number of benzene rings is 3. The van der Waals surface area contributed by atoms with Crippen LogP contribution in [0.2, 0.25) is 26.2 Å². The fourth-order valence-electron chi connectivity index (χ4n) is 4.18. The second kappa shape index (κ2) is 11.1. The Bertz CT molecular complexity index is 1300. The van der Waals surface area contributed by atoms with E-state index in [9.17, 15) is 0 Å². The molecule has 0 unspecified atom stereocenters. The average molecular weight is 576 g/mol. The van der Waals surface area contributed by atoms with Gasteiger partial charge in [0.25, 0.3) is 0 Å². The van der Waals surface area contributed by atoms with E-state index in [1.54, 1.807) is 0 Å². The predicted octanol–water partition coefficient (Wildman–Crippen LogP) is 8.38. The van der Waals surface area contributed by atoms with Gasteiger partial charge in [0.05, 0.1) is 0 Å². The summed E-state index contributed by atoms with van der Waals surface area (Å²) in [6, 6.07) is 21.4. The van der Waals surface area contributed by atoms with Crippen molar-refractivity contribution in [2.45, 2.75) is 78.6 Å². The van der Waals surface area contributed by atoms with Gasteiger partial charge < -0.3 is 0 Å². The van der Waals surface area contributed by atoms with Crippen molar-refractivity contribution in [1.29, 1.82) is 0 Å². The van der Waals surface area contributed by atoms with Crippen molar-refractivity contribution < 1.29 is 0 Å². The maximum atomic E-state index is 7.03. The minimum absolute atomic E-state index is 0.115. The van der Waals surface area contributed by atoms with Crippen LogP contribution in [0.15, 0.2) is 60.7 Å². The molecule has 3 aromatic rings. The average Bonchev–Trinajstić information content (AvgIpc) is 2.79. The van der Waals surface area contributed by atoms with Crippen molar-refractivity contribution in [2.24, 2.45) is 0 Å². The fraction of sp³-hybridized carbons (Fsp3) is 0.353. The van der Waals surface area contributed by atoms with Crippen molar-refractivity contribution in [3.05, 3.63) is 94.0 Å². The van der Waals surface area contributed by atoms with Crippen molar-refractivity contribution in [2.75, 3.05) is 0 Å². The standard InChI is InChI=1S/C34H40Cl2Si2/c1-33(2,3)29-19-13-25(14-20-29)11-17-27-23-32(38(9,10)36)28(24-31(27)37(7,8)35)18-12-26-15-21-30(22-16-26)34(4,5)6/h13-16,19-24H,1-10H3. The Morgan fingerprint density at radius 1 is 0.500 bits per heavy atom. The van der Waals surface area contributed by atoms with Crippen molar-refractivity contribution in [3.63, 3.8) is 0 Å². The summed E-state index contributed by atoms with van der Waals surface area (Å²) >= 11 is 14.1. The molecule has 38 heavy (non-hydrogen) atoms. The van der Waals surface area contributed by atoms with Crippen LogP contribution in [-0.2, 0) is 10.8 Å². The topological polar surface area (TPSA) is 0 Å². The Morgan fingerprint density at radius 3 is 1.03 bits per heavy atom. The van der Waals surface area contributed by atoms with Crippen molar-refractivity contribution in [3.8, 4) is 23.7 Å². The number of hydrogen-bond donors (Lipinski definition) is 0. The number of rotatable bonds is 2. The van der Waals surface area contributed by atoms with E-state index >= 15 is 0 Å². The van der Waals surface area contributed by atoms with Gasteiger partial charge in [-0.3, -0.25) is 0 Å². The van der Waals surface area contributed by atoms with Crippen LogP contribution in [-0.4, -0.2) is 14.8 Å². The van der Waals surface area contributed by atoms with Crippen molar-refractivity contribution >= 4 is 47.3 Å². The molecule has 0 atom stereocenters. The van der Waals surface area contributed by atoms with Gasteiger partial charge in [0.2, 0.25) is 0 Å². The highest BCUT2D eigenvalue weighted by atomic mass is 35.6. The summed E-state index contributed by atoms with van der Waals surface area (Å²) in [4.78, 5) is 0. The van der Waals surface area contributed by atoms with Crippen LogP contribution in [0.4, 0.5) is 0 Å². The Morgan fingerprint density at radius 2 is 0.789 bits per heavy atom. The smallest absolute Gasteiger partial charge is 0.161 e. The molecule has 0 spiro atoms. The van der Waals surface area contributed by atoms with Crippen LogP contribution in [0.3, 0.4) is 0 Å². The van der Waals surface area contributed by atoms with Gasteiger partial charge >= 0.3 is 0 Å². The molecule has 198 valence electrons. The summed E-state index contributed by atoms with van der Waals surface area (Å²) in [6.45, 7) is 21.9. The predicted molar refractivity (Wildman–Crippen MR) is 175 cm³/mol. The molecule has 0 aliphatic heterocycles. The molecular weight excluding hydrogens is 535 g/mol. The highest BCUT2D eigenvalue weighted by molar-refractivity contribution is 7.27. The minimum atomic E-state index is -2.23. The zero-order valence-electron chi connectivity index (χ0n) is 24.5. The summed E-state index contributed by atoms with van der Waals surface area (Å²) in [6.07, 6.45) is 0. The lowest BCUT2D eigenvalue weighted by Crippen LogP contribution is -2.43.